The number of ether oxygens (including phenoxy) is 3. The standard InChI is InChI=1S/C12H16O3/c1-12(2)11(15-12)9-6-5-8(13-3)7-10(9)14-4/h5-7,11H,1-4H3. The van der Waals surface area contributed by atoms with Gasteiger partial charge in [-0.1, -0.05) is 0 Å². The number of epoxide rings is 1. The van der Waals surface area contributed by atoms with E-state index in [4.69, 9.17) is 14.2 Å². The lowest BCUT2D eigenvalue weighted by molar-refractivity contribution is 0.321. The van der Waals surface area contributed by atoms with Crippen LogP contribution in [0.25, 0.3) is 0 Å². The fourth-order valence-corrected chi connectivity index (χ4v) is 1.74. The molecule has 1 atom stereocenters. The SMILES string of the molecule is COc1ccc(C2OC2(C)C)c(OC)c1. The second-order valence-electron chi connectivity index (χ2n) is 4.21. The van der Waals surface area contributed by atoms with Crippen molar-refractivity contribution in [2.24, 2.45) is 0 Å². The third-order valence-electron chi connectivity index (χ3n) is 2.72. The van der Waals surface area contributed by atoms with Crippen LogP contribution in [0.2, 0.25) is 0 Å². The molecule has 82 valence electrons. The van der Waals surface area contributed by atoms with Crippen LogP contribution in [0, 0.1) is 0 Å². The molecule has 1 aliphatic rings. The third-order valence-corrected chi connectivity index (χ3v) is 2.72. The minimum absolute atomic E-state index is 0.0676. The van der Waals surface area contributed by atoms with Crippen LogP contribution in [-0.4, -0.2) is 19.8 Å². The fourth-order valence-electron chi connectivity index (χ4n) is 1.74. The van der Waals surface area contributed by atoms with Crippen LogP contribution < -0.4 is 9.47 Å². The summed E-state index contributed by atoms with van der Waals surface area (Å²) < 4.78 is 16.1. The van der Waals surface area contributed by atoms with Crippen molar-refractivity contribution in [3.8, 4) is 11.5 Å². The van der Waals surface area contributed by atoms with E-state index in [-0.39, 0.29) is 11.7 Å². The Hall–Kier alpha value is -1.22. The Morgan fingerprint density at radius 1 is 1.20 bits per heavy atom. The quantitative estimate of drug-likeness (QED) is 0.715. The maximum Gasteiger partial charge on any atom is 0.128 e. The predicted octanol–water partition coefficient (Wildman–Crippen LogP) is 2.55. The molecule has 1 aromatic carbocycles. The van der Waals surface area contributed by atoms with Gasteiger partial charge < -0.3 is 14.2 Å². The van der Waals surface area contributed by atoms with Crippen LogP contribution in [-0.2, 0) is 4.74 Å². The first-order chi connectivity index (χ1) is 7.08. The zero-order valence-electron chi connectivity index (χ0n) is 9.53. The number of rotatable bonds is 3. The first-order valence-corrected chi connectivity index (χ1v) is 4.98. The second-order valence-corrected chi connectivity index (χ2v) is 4.21. The molecule has 1 saturated heterocycles. The van der Waals surface area contributed by atoms with E-state index < -0.39 is 0 Å². The molecule has 0 radical (unpaired) electrons. The highest BCUT2D eigenvalue weighted by molar-refractivity contribution is 5.44. The third kappa shape index (κ3) is 1.79. The largest absolute Gasteiger partial charge is 0.497 e. The number of hydrogen-bond acceptors (Lipinski definition) is 3. The van der Waals surface area contributed by atoms with Crippen molar-refractivity contribution in [3.63, 3.8) is 0 Å². The average Bonchev–Trinajstić information content (AvgIpc) is 2.86. The van der Waals surface area contributed by atoms with Crippen LogP contribution in [0.15, 0.2) is 18.2 Å². The van der Waals surface area contributed by atoms with Gasteiger partial charge in [0.2, 0.25) is 0 Å². The molecule has 0 aromatic heterocycles. The predicted molar refractivity (Wildman–Crippen MR) is 57.5 cm³/mol. The molecule has 3 nitrogen and oxygen atoms in total. The molecule has 1 aromatic rings. The lowest BCUT2D eigenvalue weighted by atomic mass is 10.0. The molecule has 0 amide bonds. The highest BCUT2D eigenvalue weighted by Crippen LogP contribution is 2.51. The Morgan fingerprint density at radius 2 is 1.87 bits per heavy atom. The van der Waals surface area contributed by atoms with Crippen molar-refractivity contribution in [2.45, 2.75) is 25.6 Å². The fraction of sp³-hybridized carbons (Fsp3) is 0.500. The molecule has 0 bridgehead atoms. The van der Waals surface area contributed by atoms with Gasteiger partial charge in [0.05, 0.1) is 19.8 Å². The lowest BCUT2D eigenvalue weighted by Crippen LogP contribution is -2.00. The van der Waals surface area contributed by atoms with E-state index in [1.807, 2.05) is 18.2 Å². The smallest absolute Gasteiger partial charge is 0.128 e. The van der Waals surface area contributed by atoms with E-state index in [0.29, 0.717) is 0 Å². The topological polar surface area (TPSA) is 31.0 Å². The van der Waals surface area contributed by atoms with Crippen molar-refractivity contribution >= 4 is 0 Å². The molecule has 0 spiro atoms. The molecular weight excluding hydrogens is 192 g/mol. The molecule has 1 aliphatic heterocycles. The zero-order chi connectivity index (χ0) is 11.1. The normalized spacial score (nSPS) is 22.3. The molecule has 0 saturated carbocycles. The minimum Gasteiger partial charge on any atom is -0.497 e. The summed E-state index contributed by atoms with van der Waals surface area (Å²) in [5, 5.41) is 0. The summed E-state index contributed by atoms with van der Waals surface area (Å²) in [6, 6.07) is 5.81. The summed E-state index contributed by atoms with van der Waals surface area (Å²) >= 11 is 0. The first kappa shape index (κ1) is 10.3. The lowest BCUT2D eigenvalue weighted by Gasteiger charge is -2.09. The van der Waals surface area contributed by atoms with E-state index >= 15 is 0 Å². The summed E-state index contributed by atoms with van der Waals surface area (Å²) in [7, 11) is 3.31. The first-order valence-electron chi connectivity index (χ1n) is 4.98. The number of methoxy groups -OCH3 is 2. The highest BCUT2D eigenvalue weighted by atomic mass is 16.6. The molecule has 2 rings (SSSR count). The summed E-state index contributed by atoms with van der Waals surface area (Å²) in [5.74, 6) is 1.62. The molecule has 3 heteroatoms. The second kappa shape index (κ2) is 3.42. The van der Waals surface area contributed by atoms with Gasteiger partial charge in [-0.05, 0) is 26.0 Å². The van der Waals surface area contributed by atoms with Gasteiger partial charge in [-0.15, -0.1) is 0 Å². The summed E-state index contributed by atoms with van der Waals surface area (Å²) in [5.41, 5.74) is 1.02. The van der Waals surface area contributed by atoms with Crippen molar-refractivity contribution in [1.82, 2.24) is 0 Å². The van der Waals surface area contributed by atoms with Gasteiger partial charge >= 0.3 is 0 Å². The van der Waals surface area contributed by atoms with Crippen molar-refractivity contribution < 1.29 is 14.2 Å². The number of hydrogen-bond donors (Lipinski definition) is 0. The van der Waals surface area contributed by atoms with Gasteiger partial charge in [-0.2, -0.15) is 0 Å². The Bertz CT molecular complexity index is 371. The number of benzene rings is 1. The van der Waals surface area contributed by atoms with Gasteiger partial charge in [0.1, 0.15) is 17.6 Å². The minimum atomic E-state index is -0.0676. The zero-order valence-corrected chi connectivity index (χ0v) is 9.53. The van der Waals surface area contributed by atoms with E-state index in [1.165, 1.54) is 0 Å². The van der Waals surface area contributed by atoms with Crippen LogP contribution in [0.1, 0.15) is 25.5 Å². The van der Waals surface area contributed by atoms with Gasteiger partial charge in [-0.25, -0.2) is 0 Å². The van der Waals surface area contributed by atoms with Gasteiger partial charge in [0.25, 0.3) is 0 Å². The Labute approximate surface area is 90.0 Å². The molecule has 1 heterocycles. The van der Waals surface area contributed by atoms with E-state index in [2.05, 4.69) is 13.8 Å². The van der Waals surface area contributed by atoms with Crippen molar-refractivity contribution in [3.05, 3.63) is 23.8 Å². The van der Waals surface area contributed by atoms with Crippen LogP contribution in [0.4, 0.5) is 0 Å². The van der Waals surface area contributed by atoms with E-state index in [0.717, 1.165) is 17.1 Å². The molecular formula is C12H16O3. The highest BCUT2D eigenvalue weighted by Gasteiger charge is 2.50. The van der Waals surface area contributed by atoms with Gasteiger partial charge in [-0.3, -0.25) is 0 Å². The van der Waals surface area contributed by atoms with Crippen LogP contribution in [0.5, 0.6) is 11.5 Å². The Balaban J connectivity index is 2.32. The summed E-state index contributed by atoms with van der Waals surface area (Å²) in [6.07, 6.45) is 0.137. The van der Waals surface area contributed by atoms with Crippen molar-refractivity contribution in [1.29, 1.82) is 0 Å². The van der Waals surface area contributed by atoms with E-state index in [1.54, 1.807) is 14.2 Å². The molecule has 0 aliphatic carbocycles. The molecule has 1 unspecified atom stereocenters. The molecule has 15 heavy (non-hydrogen) atoms. The van der Waals surface area contributed by atoms with Gasteiger partial charge in [0.15, 0.2) is 0 Å². The maximum absolute atomic E-state index is 5.59. The Morgan fingerprint density at radius 3 is 2.33 bits per heavy atom. The average molecular weight is 208 g/mol. The van der Waals surface area contributed by atoms with Crippen molar-refractivity contribution in [2.75, 3.05) is 14.2 Å². The monoisotopic (exact) mass is 208 g/mol. The molecule has 0 N–H and O–H groups in total. The summed E-state index contributed by atoms with van der Waals surface area (Å²) in [6.45, 7) is 4.14. The molecule has 1 fully saturated rings. The maximum atomic E-state index is 5.59. The van der Waals surface area contributed by atoms with E-state index in [9.17, 15) is 0 Å². The summed E-state index contributed by atoms with van der Waals surface area (Å²) in [4.78, 5) is 0. The van der Waals surface area contributed by atoms with Crippen LogP contribution >= 0.6 is 0 Å². The van der Waals surface area contributed by atoms with Crippen LogP contribution in [0.3, 0.4) is 0 Å². The van der Waals surface area contributed by atoms with Gasteiger partial charge in [0, 0.05) is 11.6 Å². The Kier molecular flexibility index (Phi) is 2.35.